The Labute approximate surface area is 102 Å². The number of anilines is 1. The van der Waals surface area contributed by atoms with E-state index in [1.54, 1.807) is 6.07 Å². The number of nitrogens with zero attached hydrogens (tertiary/aromatic N) is 2. The van der Waals surface area contributed by atoms with Crippen molar-refractivity contribution in [2.24, 2.45) is 0 Å². The van der Waals surface area contributed by atoms with Gasteiger partial charge in [-0.2, -0.15) is 0 Å². The minimum atomic E-state index is -0.406. The number of hydrogen-bond acceptors (Lipinski definition) is 4. The standard InChI is InChI=1S/C10H12BrN3O2/c11-9-6-5-8(14(15)16)10(13-9)12-7-3-1-2-4-7/h5-7H,1-4H2,(H,12,13). The third-order valence-corrected chi connectivity index (χ3v) is 3.17. The van der Waals surface area contributed by atoms with Crippen LogP contribution in [0.15, 0.2) is 16.7 Å². The summed E-state index contributed by atoms with van der Waals surface area (Å²) in [7, 11) is 0. The fourth-order valence-corrected chi connectivity index (χ4v) is 2.25. The molecule has 0 unspecified atom stereocenters. The fourth-order valence-electron chi connectivity index (χ4n) is 1.95. The molecule has 5 nitrogen and oxygen atoms in total. The first kappa shape index (κ1) is 11.3. The van der Waals surface area contributed by atoms with Crippen LogP contribution in [0.4, 0.5) is 11.5 Å². The Morgan fingerprint density at radius 1 is 1.44 bits per heavy atom. The van der Waals surface area contributed by atoms with Crippen molar-refractivity contribution >= 4 is 27.4 Å². The van der Waals surface area contributed by atoms with E-state index in [9.17, 15) is 10.1 Å². The highest BCUT2D eigenvalue weighted by atomic mass is 79.9. The lowest BCUT2D eigenvalue weighted by Crippen LogP contribution is -2.16. The van der Waals surface area contributed by atoms with Crippen molar-refractivity contribution in [3.05, 3.63) is 26.9 Å². The van der Waals surface area contributed by atoms with E-state index in [-0.39, 0.29) is 5.69 Å². The maximum atomic E-state index is 10.8. The molecule has 1 aliphatic carbocycles. The zero-order valence-corrected chi connectivity index (χ0v) is 10.2. The summed E-state index contributed by atoms with van der Waals surface area (Å²) in [4.78, 5) is 14.5. The molecular weight excluding hydrogens is 274 g/mol. The van der Waals surface area contributed by atoms with Gasteiger partial charge in [0.05, 0.1) is 4.92 Å². The fraction of sp³-hybridized carbons (Fsp3) is 0.500. The molecule has 0 radical (unpaired) electrons. The average molecular weight is 286 g/mol. The molecule has 0 aliphatic heterocycles. The number of pyridine rings is 1. The second-order valence-electron chi connectivity index (χ2n) is 3.88. The summed E-state index contributed by atoms with van der Waals surface area (Å²) < 4.78 is 0.610. The lowest BCUT2D eigenvalue weighted by molar-refractivity contribution is -0.384. The maximum absolute atomic E-state index is 10.8. The Bertz CT molecular complexity index is 405. The Hall–Kier alpha value is -1.17. The SMILES string of the molecule is O=[N+]([O-])c1ccc(Br)nc1NC1CCCC1. The number of nitrogens with one attached hydrogen (secondary N) is 1. The zero-order chi connectivity index (χ0) is 11.5. The van der Waals surface area contributed by atoms with Crippen LogP contribution >= 0.6 is 15.9 Å². The van der Waals surface area contributed by atoms with E-state index < -0.39 is 4.92 Å². The van der Waals surface area contributed by atoms with Crippen molar-refractivity contribution < 1.29 is 4.92 Å². The third-order valence-electron chi connectivity index (χ3n) is 2.73. The van der Waals surface area contributed by atoms with Gasteiger partial charge < -0.3 is 5.32 Å². The summed E-state index contributed by atoms with van der Waals surface area (Å²) in [5.41, 5.74) is 0.0371. The second kappa shape index (κ2) is 4.78. The molecule has 1 aromatic heterocycles. The highest BCUT2D eigenvalue weighted by molar-refractivity contribution is 9.10. The quantitative estimate of drug-likeness (QED) is 0.526. The first-order chi connectivity index (χ1) is 7.66. The highest BCUT2D eigenvalue weighted by Gasteiger charge is 2.21. The van der Waals surface area contributed by atoms with Crippen LogP contribution in [0.2, 0.25) is 0 Å². The Morgan fingerprint density at radius 3 is 2.75 bits per heavy atom. The summed E-state index contributed by atoms with van der Waals surface area (Å²) >= 11 is 3.22. The van der Waals surface area contributed by atoms with Gasteiger partial charge in [0.2, 0.25) is 5.82 Å². The summed E-state index contributed by atoms with van der Waals surface area (Å²) in [6.07, 6.45) is 4.48. The van der Waals surface area contributed by atoms with Gasteiger partial charge in [-0.25, -0.2) is 4.98 Å². The van der Waals surface area contributed by atoms with Gasteiger partial charge >= 0.3 is 5.69 Å². The molecule has 0 aromatic carbocycles. The van der Waals surface area contributed by atoms with Gasteiger partial charge in [0.15, 0.2) is 0 Å². The van der Waals surface area contributed by atoms with Crippen LogP contribution in [-0.4, -0.2) is 15.9 Å². The van der Waals surface area contributed by atoms with Gasteiger partial charge in [-0.15, -0.1) is 0 Å². The van der Waals surface area contributed by atoms with Gasteiger partial charge in [0.25, 0.3) is 0 Å². The molecule has 0 bridgehead atoms. The van der Waals surface area contributed by atoms with Gasteiger partial charge in [-0.3, -0.25) is 10.1 Å². The summed E-state index contributed by atoms with van der Waals surface area (Å²) in [5.74, 6) is 0.367. The van der Waals surface area contributed by atoms with Gasteiger partial charge in [0, 0.05) is 12.1 Å². The van der Waals surface area contributed by atoms with Crippen molar-refractivity contribution in [3.63, 3.8) is 0 Å². The summed E-state index contributed by atoms with van der Waals surface area (Å²) in [6, 6.07) is 3.37. The van der Waals surface area contributed by atoms with E-state index >= 15 is 0 Å². The number of halogens is 1. The largest absolute Gasteiger partial charge is 0.362 e. The minimum absolute atomic E-state index is 0.0371. The molecule has 0 spiro atoms. The van der Waals surface area contributed by atoms with Crippen molar-refractivity contribution in [2.45, 2.75) is 31.7 Å². The normalized spacial score (nSPS) is 16.3. The van der Waals surface area contributed by atoms with Gasteiger partial charge in [0.1, 0.15) is 4.60 Å². The van der Waals surface area contributed by atoms with Crippen LogP contribution in [0.25, 0.3) is 0 Å². The van der Waals surface area contributed by atoms with E-state index in [0.717, 1.165) is 12.8 Å². The molecule has 6 heteroatoms. The van der Waals surface area contributed by atoms with E-state index in [0.29, 0.717) is 16.5 Å². The van der Waals surface area contributed by atoms with Crippen LogP contribution in [-0.2, 0) is 0 Å². The number of nitro groups is 1. The Morgan fingerprint density at radius 2 is 2.12 bits per heavy atom. The average Bonchev–Trinajstić information content (AvgIpc) is 2.70. The molecular formula is C10H12BrN3O2. The van der Waals surface area contributed by atoms with Gasteiger partial charge in [-0.05, 0) is 34.8 Å². The smallest absolute Gasteiger partial charge is 0.311 e. The maximum Gasteiger partial charge on any atom is 0.311 e. The molecule has 0 saturated heterocycles. The number of hydrogen-bond donors (Lipinski definition) is 1. The molecule has 1 heterocycles. The predicted molar refractivity (Wildman–Crippen MR) is 64.5 cm³/mol. The molecule has 1 N–H and O–H groups in total. The van der Waals surface area contributed by atoms with E-state index in [4.69, 9.17) is 0 Å². The highest BCUT2D eigenvalue weighted by Crippen LogP contribution is 2.28. The Kier molecular flexibility index (Phi) is 3.38. The second-order valence-corrected chi connectivity index (χ2v) is 4.70. The van der Waals surface area contributed by atoms with Gasteiger partial charge in [-0.1, -0.05) is 12.8 Å². The first-order valence-corrected chi connectivity index (χ1v) is 6.03. The zero-order valence-electron chi connectivity index (χ0n) is 8.65. The van der Waals surface area contributed by atoms with E-state index in [1.807, 2.05) is 0 Å². The molecule has 1 saturated carbocycles. The van der Waals surface area contributed by atoms with Crippen molar-refractivity contribution in [2.75, 3.05) is 5.32 Å². The number of rotatable bonds is 3. The van der Waals surface area contributed by atoms with Crippen molar-refractivity contribution in [3.8, 4) is 0 Å². The first-order valence-electron chi connectivity index (χ1n) is 5.24. The summed E-state index contributed by atoms with van der Waals surface area (Å²) in [5, 5.41) is 14.0. The molecule has 86 valence electrons. The molecule has 16 heavy (non-hydrogen) atoms. The molecule has 1 aromatic rings. The topological polar surface area (TPSA) is 68.1 Å². The van der Waals surface area contributed by atoms with E-state index in [2.05, 4.69) is 26.2 Å². The Balaban J connectivity index is 2.22. The molecule has 0 amide bonds. The van der Waals surface area contributed by atoms with Crippen LogP contribution < -0.4 is 5.32 Å². The molecule has 1 aliphatic rings. The number of aromatic nitrogens is 1. The van der Waals surface area contributed by atoms with Crippen LogP contribution in [0.1, 0.15) is 25.7 Å². The third kappa shape index (κ3) is 2.49. The van der Waals surface area contributed by atoms with Crippen molar-refractivity contribution in [1.29, 1.82) is 0 Å². The van der Waals surface area contributed by atoms with Crippen LogP contribution in [0.5, 0.6) is 0 Å². The van der Waals surface area contributed by atoms with E-state index in [1.165, 1.54) is 18.9 Å². The monoisotopic (exact) mass is 285 g/mol. The molecule has 1 fully saturated rings. The molecule has 0 atom stereocenters. The molecule has 2 rings (SSSR count). The van der Waals surface area contributed by atoms with Crippen LogP contribution in [0, 0.1) is 10.1 Å². The lowest BCUT2D eigenvalue weighted by Gasteiger charge is -2.12. The van der Waals surface area contributed by atoms with Crippen LogP contribution in [0.3, 0.4) is 0 Å². The predicted octanol–water partition coefficient (Wildman–Crippen LogP) is 3.11. The minimum Gasteiger partial charge on any atom is -0.362 e. The summed E-state index contributed by atoms with van der Waals surface area (Å²) in [6.45, 7) is 0. The van der Waals surface area contributed by atoms with Crippen molar-refractivity contribution in [1.82, 2.24) is 4.98 Å². The lowest BCUT2D eigenvalue weighted by atomic mass is 10.2.